The Kier molecular flexibility index (Phi) is 4.50. The van der Waals surface area contributed by atoms with Crippen LogP contribution in [0.1, 0.15) is 18.1 Å². The van der Waals surface area contributed by atoms with Crippen LogP contribution in [0, 0.1) is 0 Å². The van der Waals surface area contributed by atoms with Crippen molar-refractivity contribution in [2.24, 2.45) is 0 Å². The molecule has 0 bridgehead atoms. The predicted octanol–water partition coefficient (Wildman–Crippen LogP) is 3.87. The Balaban J connectivity index is 2.05. The molecule has 2 aromatic rings. The maximum absolute atomic E-state index is 5.91. The Morgan fingerprint density at radius 3 is 2.89 bits per heavy atom. The highest BCUT2D eigenvalue weighted by atomic mass is 35.5. The Bertz CT molecular complexity index is 525. The van der Waals surface area contributed by atoms with E-state index in [4.69, 9.17) is 27.9 Å². The number of ether oxygens (including phenoxy) is 1. The molecule has 1 aromatic carbocycles. The SMILES string of the molecule is CCn1cc(COc2ccc(Cl)cc2CCl)cn1. The van der Waals surface area contributed by atoms with E-state index in [0.717, 1.165) is 23.4 Å². The van der Waals surface area contributed by atoms with Gasteiger partial charge in [-0.25, -0.2) is 0 Å². The highest BCUT2D eigenvalue weighted by Crippen LogP contribution is 2.25. The van der Waals surface area contributed by atoms with E-state index in [1.165, 1.54) is 0 Å². The molecule has 0 amide bonds. The molecule has 2 rings (SSSR count). The lowest BCUT2D eigenvalue weighted by Crippen LogP contribution is -1.97. The molecule has 0 saturated carbocycles. The molecule has 0 unspecified atom stereocenters. The van der Waals surface area contributed by atoms with Gasteiger partial charge in [-0.3, -0.25) is 4.68 Å². The van der Waals surface area contributed by atoms with E-state index < -0.39 is 0 Å². The lowest BCUT2D eigenvalue weighted by atomic mass is 10.2. The van der Waals surface area contributed by atoms with Gasteiger partial charge in [0.2, 0.25) is 0 Å². The highest BCUT2D eigenvalue weighted by Gasteiger charge is 2.05. The van der Waals surface area contributed by atoms with Gasteiger partial charge in [-0.1, -0.05) is 11.6 Å². The summed E-state index contributed by atoms with van der Waals surface area (Å²) in [6.45, 7) is 3.38. The minimum Gasteiger partial charge on any atom is -0.488 e. The van der Waals surface area contributed by atoms with E-state index in [1.54, 1.807) is 12.3 Å². The Morgan fingerprint density at radius 1 is 1.39 bits per heavy atom. The first-order valence-corrected chi connectivity index (χ1v) is 6.62. The van der Waals surface area contributed by atoms with Gasteiger partial charge < -0.3 is 4.74 Å². The number of benzene rings is 1. The van der Waals surface area contributed by atoms with E-state index in [0.29, 0.717) is 17.5 Å². The Hall–Kier alpha value is -1.19. The number of nitrogens with zero attached hydrogens (tertiary/aromatic N) is 2. The van der Waals surface area contributed by atoms with Crippen LogP contribution in [0.25, 0.3) is 0 Å². The maximum atomic E-state index is 5.91. The molecule has 1 heterocycles. The van der Waals surface area contributed by atoms with Gasteiger partial charge in [-0.2, -0.15) is 5.10 Å². The summed E-state index contributed by atoms with van der Waals surface area (Å²) in [5.41, 5.74) is 1.93. The van der Waals surface area contributed by atoms with Crippen LogP contribution in [-0.4, -0.2) is 9.78 Å². The average molecular weight is 285 g/mol. The number of halogens is 2. The molecule has 96 valence electrons. The van der Waals surface area contributed by atoms with Crippen molar-refractivity contribution in [1.29, 1.82) is 0 Å². The van der Waals surface area contributed by atoms with Gasteiger partial charge in [0, 0.05) is 28.9 Å². The molecule has 0 spiro atoms. The molecular formula is C13H14Cl2N2O. The van der Waals surface area contributed by atoms with Crippen molar-refractivity contribution in [2.75, 3.05) is 0 Å². The first-order chi connectivity index (χ1) is 8.72. The van der Waals surface area contributed by atoms with Gasteiger partial charge in [0.1, 0.15) is 12.4 Å². The standard InChI is InChI=1S/C13H14Cl2N2O/c1-2-17-8-10(7-16-17)9-18-13-4-3-12(15)5-11(13)6-14/h3-5,7-8H,2,6,9H2,1H3. The van der Waals surface area contributed by atoms with Crippen molar-refractivity contribution in [3.8, 4) is 5.75 Å². The topological polar surface area (TPSA) is 27.1 Å². The minimum atomic E-state index is 0.379. The van der Waals surface area contributed by atoms with Crippen molar-refractivity contribution in [1.82, 2.24) is 9.78 Å². The quantitative estimate of drug-likeness (QED) is 0.780. The van der Waals surface area contributed by atoms with Crippen molar-refractivity contribution in [3.05, 3.63) is 46.7 Å². The van der Waals surface area contributed by atoms with Crippen molar-refractivity contribution < 1.29 is 4.74 Å². The molecule has 0 aliphatic carbocycles. The molecule has 0 radical (unpaired) electrons. The van der Waals surface area contributed by atoms with Gasteiger partial charge in [0.05, 0.1) is 12.1 Å². The Morgan fingerprint density at radius 2 is 2.22 bits per heavy atom. The van der Waals surface area contributed by atoms with E-state index in [9.17, 15) is 0 Å². The molecule has 5 heteroatoms. The summed E-state index contributed by atoms with van der Waals surface area (Å²) in [6, 6.07) is 5.45. The van der Waals surface area contributed by atoms with Crippen LogP contribution in [0.3, 0.4) is 0 Å². The fourth-order valence-electron chi connectivity index (χ4n) is 1.61. The summed E-state index contributed by atoms with van der Waals surface area (Å²) >= 11 is 11.8. The summed E-state index contributed by atoms with van der Waals surface area (Å²) in [5, 5.41) is 4.86. The third-order valence-corrected chi connectivity index (χ3v) is 3.09. The number of hydrogen-bond donors (Lipinski definition) is 0. The van der Waals surface area contributed by atoms with E-state index in [-0.39, 0.29) is 0 Å². The maximum Gasteiger partial charge on any atom is 0.124 e. The smallest absolute Gasteiger partial charge is 0.124 e. The molecule has 0 atom stereocenters. The van der Waals surface area contributed by atoms with E-state index in [2.05, 4.69) is 5.10 Å². The van der Waals surface area contributed by atoms with Gasteiger partial charge in [0.15, 0.2) is 0 Å². The third kappa shape index (κ3) is 3.18. The van der Waals surface area contributed by atoms with Gasteiger partial charge in [-0.05, 0) is 25.1 Å². The summed E-state index contributed by atoms with van der Waals surface area (Å²) < 4.78 is 7.59. The largest absolute Gasteiger partial charge is 0.488 e. The number of aryl methyl sites for hydroxylation is 1. The molecule has 3 nitrogen and oxygen atoms in total. The van der Waals surface area contributed by atoms with Gasteiger partial charge >= 0.3 is 0 Å². The first-order valence-electron chi connectivity index (χ1n) is 5.71. The Labute approximate surface area is 116 Å². The second-order valence-electron chi connectivity index (χ2n) is 3.88. The molecule has 1 aromatic heterocycles. The monoisotopic (exact) mass is 284 g/mol. The zero-order chi connectivity index (χ0) is 13.0. The second kappa shape index (κ2) is 6.12. The first kappa shape index (κ1) is 13.2. The normalized spacial score (nSPS) is 10.6. The number of aromatic nitrogens is 2. The summed E-state index contributed by atoms with van der Waals surface area (Å²) in [6.07, 6.45) is 3.77. The second-order valence-corrected chi connectivity index (χ2v) is 4.58. The number of alkyl halides is 1. The predicted molar refractivity (Wildman–Crippen MR) is 73.2 cm³/mol. The lowest BCUT2D eigenvalue weighted by molar-refractivity contribution is 0.303. The zero-order valence-electron chi connectivity index (χ0n) is 10.1. The highest BCUT2D eigenvalue weighted by molar-refractivity contribution is 6.30. The summed E-state index contributed by atoms with van der Waals surface area (Å²) in [7, 11) is 0. The average Bonchev–Trinajstić information content (AvgIpc) is 2.85. The van der Waals surface area contributed by atoms with Crippen LogP contribution in [0.2, 0.25) is 5.02 Å². The number of rotatable bonds is 5. The minimum absolute atomic E-state index is 0.379. The van der Waals surface area contributed by atoms with E-state index in [1.807, 2.05) is 29.9 Å². The van der Waals surface area contributed by atoms with Gasteiger partial charge in [-0.15, -0.1) is 11.6 Å². The molecular weight excluding hydrogens is 271 g/mol. The number of hydrogen-bond acceptors (Lipinski definition) is 2. The van der Waals surface area contributed by atoms with Crippen LogP contribution in [0.5, 0.6) is 5.75 Å². The van der Waals surface area contributed by atoms with Crippen LogP contribution in [-0.2, 0) is 19.0 Å². The van der Waals surface area contributed by atoms with Crippen LogP contribution in [0.4, 0.5) is 0 Å². The lowest BCUT2D eigenvalue weighted by Gasteiger charge is -2.09. The molecule has 0 aliphatic heterocycles. The van der Waals surface area contributed by atoms with Crippen LogP contribution in [0.15, 0.2) is 30.6 Å². The third-order valence-electron chi connectivity index (χ3n) is 2.57. The molecule has 18 heavy (non-hydrogen) atoms. The summed E-state index contributed by atoms with van der Waals surface area (Å²) in [4.78, 5) is 0. The molecule has 0 fully saturated rings. The van der Waals surface area contributed by atoms with Crippen LogP contribution < -0.4 is 4.74 Å². The van der Waals surface area contributed by atoms with Gasteiger partial charge in [0.25, 0.3) is 0 Å². The summed E-state index contributed by atoms with van der Waals surface area (Å²) in [5.74, 6) is 1.14. The molecule has 0 N–H and O–H groups in total. The fourth-order valence-corrected chi connectivity index (χ4v) is 2.01. The molecule has 0 aliphatic rings. The van der Waals surface area contributed by atoms with Crippen molar-refractivity contribution >= 4 is 23.2 Å². The van der Waals surface area contributed by atoms with Crippen LogP contribution >= 0.6 is 23.2 Å². The van der Waals surface area contributed by atoms with Crippen molar-refractivity contribution in [2.45, 2.75) is 26.0 Å². The molecule has 0 saturated heterocycles. The van der Waals surface area contributed by atoms with Crippen molar-refractivity contribution in [3.63, 3.8) is 0 Å². The fraction of sp³-hybridized carbons (Fsp3) is 0.308. The van der Waals surface area contributed by atoms with E-state index >= 15 is 0 Å². The zero-order valence-corrected chi connectivity index (χ0v) is 11.6.